The zero-order valence-corrected chi connectivity index (χ0v) is 10.7. The van der Waals surface area contributed by atoms with Crippen LogP contribution in [0.4, 0.5) is 24.8 Å². The number of rotatable bonds is 4. The third-order valence-corrected chi connectivity index (χ3v) is 2.59. The number of hydrogen-bond acceptors (Lipinski definition) is 5. The summed E-state index contributed by atoms with van der Waals surface area (Å²) in [6.45, 7) is 2.17. The lowest BCUT2D eigenvalue weighted by Crippen LogP contribution is -2.06. The second kappa shape index (κ2) is 5.73. The van der Waals surface area contributed by atoms with Crippen LogP contribution < -0.4 is 5.32 Å². The summed E-state index contributed by atoms with van der Waals surface area (Å²) in [4.78, 5) is 17.6. The van der Waals surface area contributed by atoms with Crippen LogP contribution in [0, 0.1) is 27.6 Å². The van der Waals surface area contributed by atoms with Crippen molar-refractivity contribution in [3.63, 3.8) is 0 Å². The zero-order chi connectivity index (χ0) is 15.6. The second-order valence-corrected chi connectivity index (χ2v) is 3.94. The number of anilines is 1. The van der Waals surface area contributed by atoms with Gasteiger partial charge in [-0.05, 0) is 19.1 Å². The van der Waals surface area contributed by atoms with Gasteiger partial charge in [-0.3, -0.25) is 10.1 Å². The second-order valence-electron chi connectivity index (χ2n) is 3.94. The van der Waals surface area contributed by atoms with Gasteiger partial charge in [-0.25, -0.2) is 23.1 Å². The van der Waals surface area contributed by atoms with Crippen molar-refractivity contribution in [3.05, 3.63) is 45.9 Å². The molecule has 21 heavy (non-hydrogen) atoms. The average molecular weight is 298 g/mol. The summed E-state index contributed by atoms with van der Waals surface area (Å²) in [5.41, 5.74) is -1.55. The molecular formula is C12H9F3N4O2. The highest BCUT2D eigenvalue weighted by Crippen LogP contribution is 2.31. The first-order chi connectivity index (χ1) is 9.95. The minimum absolute atomic E-state index is 0.0160. The van der Waals surface area contributed by atoms with Crippen molar-refractivity contribution in [3.8, 4) is 11.3 Å². The lowest BCUT2D eigenvalue weighted by molar-refractivity contribution is -0.384. The van der Waals surface area contributed by atoms with E-state index in [2.05, 4.69) is 15.3 Å². The summed E-state index contributed by atoms with van der Waals surface area (Å²) in [6, 6.07) is 1.56. The van der Waals surface area contributed by atoms with Crippen molar-refractivity contribution in [2.45, 2.75) is 6.92 Å². The summed E-state index contributed by atoms with van der Waals surface area (Å²) in [5.74, 6) is -4.63. The first-order valence-electron chi connectivity index (χ1n) is 5.84. The number of nitro groups is 1. The van der Waals surface area contributed by atoms with Crippen molar-refractivity contribution in [1.82, 2.24) is 9.97 Å². The number of nitrogens with one attached hydrogen (secondary N) is 1. The number of halogens is 3. The Morgan fingerprint density at radius 1 is 1.29 bits per heavy atom. The van der Waals surface area contributed by atoms with Crippen LogP contribution in [0.25, 0.3) is 11.3 Å². The third kappa shape index (κ3) is 2.76. The predicted octanol–water partition coefficient (Wildman–Crippen LogP) is 2.90. The van der Waals surface area contributed by atoms with Gasteiger partial charge in [0.2, 0.25) is 5.95 Å². The fourth-order valence-corrected chi connectivity index (χ4v) is 1.66. The predicted molar refractivity (Wildman–Crippen MR) is 68.2 cm³/mol. The van der Waals surface area contributed by atoms with Crippen molar-refractivity contribution in [2.24, 2.45) is 0 Å². The van der Waals surface area contributed by atoms with Crippen LogP contribution in [0.2, 0.25) is 0 Å². The Morgan fingerprint density at radius 2 is 2.00 bits per heavy atom. The molecule has 0 bridgehead atoms. The molecule has 1 aromatic heterocycles. The Hall–Kier alpha value is -2.71. The topological polar surface area (TPSA) is 81.0 Å². The first-order valence-corrected chi connectivity index (χ1v) is 5.84. The largest absolute Gasteiger partial charge is 0.354 e. The molecule has 0 amide bonds. The van der Waals surface area contributed by atoms with E-state index >= 15 is 0 Å². The summed E-state index contributed by atoms with van der Waals surface area (Å²) >= 11 is 0. The molecule has 0 aliphatic rings. The van der Waals surface area contributed by atoms with E-state index in [1.165, 1.54) is 0 Å². The van der Waals surface area contributed by atoms with E-state index in [9.17, 15) is 23.3 Å². The van der Waals surface area contributed by atoms with Gasteiger partial charge in [0.05, 0.1) is 4.92 Å². The molecule has 0 aliphatic heterocycles. The first kappa shape index (κ1) is 14.7. The summed E-state index contributed by atoms with van der Waals surface area (Å²) in [6.07, 6.45) is 0.876. The van der Waals surface area contributed by atoms with Crippen LogP contribution in [-0.4, -0.2) is 21.4 Å². The van der Waals surface area contributed by atoms with E-state index in [0.29, 0.717) is 12.6 Å². The summed E-state index contributed by atoms with van der Waals surface area (Å²) in [5, 5.41) is 13.6. The highest BCUT2D eigenvalue weighted by atomic mass is 19.2. The summed E-state index contributed by atoms with van der Waals surface area (Å²) < 4.78 is 40.0. The standard InChI is InChI=1S/C12H9F3N4O2/c1-2-16-12-17-5-8(19(20)21)11(18-12)6-3-4-7(13)10(15)9(6)14/h3-5H,2H2,1H3,(H,16,17,18). The molecule has 0 saturated carbocycles. The number of aromatic nitrogens is 2. The maximum atomic E-state index is 13.8. The van der Waals surface area contributed by atoms with E-state index < -0.39 is 39.3 Å². The van der Waals surface area contributed by atoms with E-state index in [-0.39, 0.29) is 5.95 Å². The fourth-order valence-electron chi connectivity index (χ4n) is 1.66. The van der Waals surface area contributed by atoms with Crippen LogP contribution in [0.5, 0.6) is 0 Å². The third-order valence-electron chi connectivity index (χ3n) is 2.59. The van der Waals surface area contributed by atoms with Crippen molar-refractivity contribution in [2.75, 3.05) is 11.9 Å². The van der Waals surface area contributed by atoms with E-state index in [1.807, 2.05) is 0 Å². The molecule has 0 fully saturated rings. The molecule has 1 aromatic carbocycles. The fraction of sp³-hybridized carbons (Fsp3) is 0.167. The van der Waals surface area contributed by atoms with Crippen LogP contribution in [0.1, 0.15) is 6.92 Å². The molecule has 2 aromatic rings. The average Bonchev–Trinajstić information content (AvgIpc) is 2.45. The van der Waals surface area contributed by atoms with E-state index in [1.54, 1.807) is 6.92 Å². The lowest BCUT2D eigenvalue weighted by Gasteiger charge is -2.07. The highest BCUT2D eigenvalue weighted by Gasteiger charge is 2.24. The molecule has 0 saturated heterocycles. The minimum atomic E-state index is -1.72. The minimum Gasteiger partial charge on any atom is -0.354 e. The van der Waals surface area contributed by atoms with Gasteiger partial charge in [0, 0.05) is 12.1 Å². The van der Waals surface area contributed by atoms with E-state index in [0.717, 1.165) is 12.3 Å². The maximum Gasteiger partial charge on any atom is 0.313 e. The molecule has 9 heteroatoms. The highest BCUT2D eigenvalue weighted by molar-refractivity contribution is 5.70. The normalized spacial score (nSPS) is 10.5. The van der Waals surface area contributed by atoms with Crippen molar-refractivity contribution in [1.29, 1.82) is 0 Å². The van der Waals surface area contributed by atoms with Gasteiger partial charge in [-0.1, -0.05) is 0 Å². The van der Waals surface area contributed by atoms with Gasteiger partial charge in [0.1, 0.15) is 6.20 Å². The number of nitrogens with zero attached hydrogens (tertiary/aromatic N) is 3. The zero-order valence-electron chi connectivity index (χ0n) is 10.7. The van der Waals surface area contributed by atoms with Gasteiger partial charge < -0.3 is 5.32 Å². The molecule has 1 heterocycles. The van der Waals surface area contributed by atoms with Crippen molar-refractivity contribution >= 4 is 11.6 Å². The van der Waals surface area contributed by atoms with Gasteiger partial charge in [-0.15, -0.1) is 0 Å². The molecule has 1 N–H and O–H groups in total. The van der Waals surface area contributed by atoms with Gasteiger partial charge in [0.15, 0.2) is 23.1 Å². The van der Waals surface area contributed by atoms with Gasteiger partial charge in [-0.2, -0.15) is 0 Å². The Morgan fingerprint density at radius 3 is 2.62 bits per heavy atom. The molecule has 0 spiro atoms. The Balaban J connectivity index is 2.68. The SMILES string of the molecule is CCNc1ncc([N+](=O)[O-])c(-c2ccc(F)c(F)c2F)n1. The van der Waals surface area contributed by atoms with Crippen LogP contribution in [0.15, 0.2) is 18.3 Å². The Kier molecular flexibility index (Phi) is 4.01. The van der Waals surface area contributed by atoms with Gasteiger partial charge in [0.25, 0.3) is 0 Å². The van der Waals surface area contributed by atoms with Crippen molar-refractivity contribution < 1.29 is 18.1 Å². The molecule has 0 atom stereocenters. The smallest absolute Gasteiger partial charge is 0.313 e. The molecule has 0 aliphatic carbocycles. The van der Waals surface area contributed by atoms with Crippen LogP contribution >= 0.6 is 0 Å². The Bertz CT molecular complexity index is 709. The van der Waals surface area contributed by atoms with E-state index in [4.69, 9.17) is 0 Å². The quantitative estimate of drug-likeness (QED) is 0.533. The molecule has 0 radical (unpaired) electrons. The molecular weight excluding hydrogens is 289 g/mol. The monoisotopic (exact) mass is 298 g/mol. The number of benzene rings is 1. The molecule has 6 nitrogen and oxygen atoms in total. The lowest BCUT2D eigenvalue weighted by atomic mass is 10.1. The molecule has 110 valence electrons. The molecule has 0 unspecified atom stereocenters. The summed E-state index contributed by atoms with van der Waals surface area (Å²) in [7, 11) is 0. The van der Waals surface area contributed by atoms with Gasteiger partial charge >= 0.3 is 5.69 Å². The van der Waals surface area contributed by atoms with Crippen LogP contribution in [0.3, 0.4) is 0 Å². The Labute approximate surface area is 116 Å². The van der Waals surface area contributed by atoms with Crippen LogP contribution in [-0.2, 0) is 0 Å². The molecule has 2 rings (SSSR count). The maximum absolute atomic E-state index is 13.8. The number of hydrogen-bond donors (Lipinski definition) is 1.